The molecule has 132 valence electrons. The van der Waals surface area contributed by atoms with Gasteiger partial charge in [0.05, 0.1) is 5.71 Å². The molecule has 3 aromatic rings. The molecule has 6 nitrogen and oxygen atoms in total. The van der Waals surface area contributed by atoms with Gasteiger partial charge in [0.2, 0.25) is 0 Å². The highest BCUT2D eigenvalue weighted by Crippen LogP contribution is 2.21. The van der Waals surface area contributed by atoms with Crippen LogP contribution in [0.4, 0.5) is 5.69 Å². The Morgan fingerprint density at radius 3 is 2.62 bits per heavy atom. The maximum atomic E-state index is 12.4. The molecule has 0 radical (unpaired) electrons. The zero-order valence-electron chi connectivity index (χ0n) is 14.1. The Balaban J connectivity index is 1.72. The molecule has 0 fully saturated rings. The summed E-state index contributed by atoms with van der Waals surface area (Å²) in [5.74, 6) is 0.0458. The molecule has 0 aliphatic carbocycles. The number of nitrogens with zero attached hydrogens (tertiary/aromatic N) is 1. The number of hydrogen-bond donors (Lipinski definition) is 4. The number of hydrazone groups is 1. The van der Waals surface area contributed by atoms with Crippen molar-refractivity contribution in [2.75, 3.05) is 5.32 Å². The zero-order chi connectivity index (χ0) is 18.7. The van der Waals surface area contributed by atoms with Gasteiger partial charge < -0.3 is 16.0 Å². The van der Waals surface area contributed by atoms with Gasteiger partial charge in [-0.3, -0.25) is 10.2 Å². The van der Waals surface area contributed by atoms with E-state index in [0.717, 1.165) is 22.2 Å². The monoisotopic (exact) mass is 367 g/mol. The smallest absolute Gasteiger partial charge is 0.272 e. The summed E-state index contributed by atoms with van der Waals surface area (Å²) in [5.41, 5.74) is 11.7. The van der Waals surface area contributed by atoms with Gasteiger partial charge in [0.15, 0.2) is 0 Å². The van der Waals surface area contributed by atoms with E-state index in [9.17, 15) is 4.79 Å². The van der Waals surface area contributed by atoms with E-state index >= 15 is 0 Å². The van der Waals surface area contributed by atoms with Crippen LogP contribution in [-0.2, 0) is 0 Å². The molecule has 0 atom stereocenters. The van der Waals surface area contributed by atoms with Crippen molar-refractivity contribution in [2.45, 2.75) is 6.92 Å². The molecule has 3 rings (SSSR count). The van der Waals surface area contributed by atoms with Crippen LogP contribution >= 0.6 is 11.6 Å². The van der Waals surface area contributed by atoms with E-state index in [1.54, 1.807) is 12.1 Å². The van der Waals surface area contributed by atoms with Crippen LogP contribution in [0.15, 0.2) is 66.0 Å². The van der Waals surface area contributed by atoms with Crippen LogP contribution in [-0.4, -0.2) is 16.6 Å². The number of fused-ring (bicyclic) bond motifs is 1. The minimum atomic E-state index is -0.225. The van der Waals surface area contributed by atoms with Gasteiger partial charge in [-0.25, -0.2) is 0 Å². The minimum Gasteiger partial charge on any atom is -0.385 e. The highest BCUT2D eigenvalue weighted by Gasteiger charge is 2.10. The fourth-order valence-electron chi connectivity index (χ4n) is 2.44. The number of rotatable bonds is 5. The normalized spacial score (nSPS) is 11.4. The summed E-state index contributed by atoms with van der Waals surface area (Å²) in [6.45, 7) is 5.36. The molecule has 1 heterocycles. The second-order valence-corrected chi connectivity index (χ2v) is 6.22. The van der Waals surface area contributed by atoms with Gasteiger partial charge in [-0.05, 0) is 48.9 Å². The van der Waals surface area contributed by atoms with E-state index in [0.29, 0.717) is 16.4 Å². The first-order valence-electron chi connectivity index (χ1n) is 7.87. The zero-order valence-corrected chi connectivity index (χ0v) is 14.9. The third-order valence-corrected chi connectivity index (χ3v) is 3.99. The average molecular weight is 368 g/mol. The summed E-state index contributed by atoms with van der Waals surface area (Å²) in [6, 6.07) is 14.5. The maximum absolute atomic E-state index is 12.4. The van der Waals surface area contributed by atoms with Crippen LogP contribution in [0, 0.1) is 0 Å². The van der Waals surface area contributed by atoms with E-state index in [1.807, 2.05) is 43.3 Å². The van der Waals surface area contributed by atoms with Crippen LogP contribution in [0.2, 0.25) is 5.02 Å². The Hall–Kier alpha value is -3.25. The van der Waals surface area contributed by atoms with Gasteiger partial charge in [0, 0.05) is 21.6 Å². The molecule has 0 saturated heterocycles. The summed E-state index contributed by atoms with van der Waals surface area (Å²) < 4.78 is 0. The van der Waals surface area contributed by atoms with E-state index < -0.39 is 0 Å². The molecule has 0 bridgehead atoms. The lowest BCUT2D eigenvalue weighted by Crippen LogP contribution is -2.15. The Morgan fingerprint density at radius 1 is 1.19 bits per heavy atom. The lowest BCUT2D eigenvalue weighted by atomic mass is 10.1. The van der Waals surface area contributed by atoms with Crippen molar-refractivity contribution in [3.05, 3.63) is 77.2 Å². The van der Waals surface area contributed by atoms with Gasteiger partial charge in [0.25, 0.3) is 5.91 Å². The van der Waals surface area contributed by atoms with Crippen molar-refractivity contribution >= 4 is 39.8 Å². The summed E-state index contributed by atoms with van der Waals surface area (Å²) in [5, 5.41) is 8.48. The Morgan fingerprint density at radius 2 is 1.92 bits per heavy atom. The van der Waals surface area contributed by atoms with Crippen molar-refractivity contribution in [2.24, 2.45) is 10.8 Å². The fraction of sp³-hybridized carbons (Fsp3) is 0.0526. The van der Waals surface area contributed by atoms with Crippen LogP contribution < -0.4 is 16.5 Å². The average Bonchev–Trinajstić information content (AvgIpc) is 3.03. The number of H-pyrrole nitrogens is 1. The van der Waals surface area contributed by atoms with E-state index in [4.69, 9.17) is 17.3 Å². The summed E-state index contributed by atoms with van der Waals surface area (Å²) in [7, 11) is 0. The first kappa shape index (κ1) is 17.6. The third-order valence-electron chi connectivity index (χ3n) is 3.76. The number of hydrogen-bond acceptors (Lipinski definition) is 4. The number of carbonyl (C=O) groups excluding carboxylic acids is 1. The molecular weight excluding hydrogens is 350 g/mol. The second-order valence-electron chi connectivity index (χ2n) is 5.78. The quantitative estimate of drug-likeness (QED) is 0.408. The topological polar surface area (TPSA) is 95.3 Å². The van der Waals surface area contributed by atoms with E-state index in [-0.39, 0.29) is 11.7 Å². The molecule has 1 aromatic heterocycles. The van der Waals surface area contributed by atoms with Crippen molar-refractivity contribution in [1.29, 1.82) is 0 Å². The Labute approximate surface area is 155 Å². The number of halogens is 1. The molecule has 0 aliphatic rings. The lowest BCUT2D eigenvalue weighted by molar-refractivity contribution is 0.102. The number of aromatic nitrogens is 1. The Kier molecular flexibility index (Phi) is 4.95. The van der Waals surface area contributed by atoms with Crippen LogP contribution in [0.25, 0.3) is 10.9 Å². The van der Waals surface area contributed by atoms with Gasteiger partial charge in [-0.1, -0.05) is 30.3 Å². The molecule has 2 aromatic carbocycles. The highest BCUT2D eigenvalue weighted by atomic mass is 35.5. The molecule has 5 N–H and O–H groups in total. The number of nitrogens with two attached hydrogens (primary N) is 1. The predicted octanol–water partition coefficient (Wildman–Crippen LogP) is 3.82. The van der Waals surface area contributed by atoms with Crippen LogP contribution in [0.3, 0.4) is 0 Å². The van der Waals surface area contributed by atoms with Crippen molar-refractivity contribution in [1.82, 2.24) is 10.4 Å². The maximum Gasteiger partial charge on any atom is 0.272 e. The van der Waals surface area contributed by atoms with Crippen LogP contribution in [0.5, 0.6) is 0 Å². The largest absolute Gasteiger partial charge is 0.385 e. The highest BCUT2D eigenvalue weighted by molar-refractivity contribution is 6.31. The summed E-state index contributed by atoms with van der Waals surface area (Å²) in [6.07, 6.45) is 0. The molecule has 1 amide bonds. The number of aromatic amines is 1. The van der Waals surface area contributed by atoms with Gasteiger partial charge >= 0.3 is 0 Å². The molecule has 7 heteroatoms. The van der Waals surface area contributed by atoms with Crippen molar-refractivity contribution < 1.29 is 4.79 Å². The van der Waals surface area contributed by atoms with Gasteiger partial charge in [-0.2, -0.15) is 5.10 Å². The van der Waals surface area contributed by atoms with Gasteiger partial charge in [0.1, 0.15) is 11.5 Å². The fourth-order valence-corrected chi connectivity index (χ4v) is 2.62. The molecule has 0 spiro atoms. The van der Waals surface area contributed by atoms with Crippen molar-refractivity contribution in [3.63, 3.8) is 0 Å². The molecule has 0 saturated carbocycles. The second kappa shape index (κ2) is 7.33. The predicted molar refractivity (Wildman–Crippen MR) is 106 cm³/mol. The summed E-state index contributed by atoms with van der Waals surface area (Å²) in [4.78, 5) is 15.5. The summed E-state index contributed by atoms with van der Waals surface area (Å²) >= 11 is 5.98. The number of anilines is 1. The lowest BCUT2D eigenvalue weighted by Gasteiger charge is -2.06. The molecule has 0 unspecified atom stereocenters. The minimum absolute atomic E-state index is 0.225. The van der Waals surface area contributed by atoms with Crippen LogP contribution in [0.1, 0.15) is 23.0 Å². The number of amides is 1. The Bertz CT molecular complexity index is 1000. The first-order chi connectivity index (χ1) is 12.4. The van der Waals surface area contributed by atoms with E-state index in [1.165, 1.54) is 0 Å². The first-order valence-corrected chi connectivity index (χ1v) is 8.25. The van der Waals surface area contributed by atoms with Crippen molar-refractivity contribution in [3.8, 4) is 0 Å². The standard InChI is InChI=1S/C19H18ClN5O/c1-11(24-25-12(2)21)13-3-6-16(7-4-13)22-19(26)18-10-14-9-15(20)5-8-17(14)23-18/h3-10,23,25H,2,21H2,1H3,(H,22,26)/b24-11+. The molecule has 0 aliphatic heterocycles. The SMILES string of the molecule is C=C(N)N/N=C(\C)c1ccc(NC(=O)c2cc3cc(Cl)ccc3[nH]2)cc1. The molecular formula is C19H18ClN5O. The molecule has 26 heavy (non-hydrogen) atoms. The van der Waals surface area contributed by atoms with E-state index in [2.05, 4.69) is 27.4 Å². The van der Waals surface area contributed by atoms with Gasteiger partial charge in [-0.15, -0.1) is 0 Å². The number of nitrogens with one attached hydrogen (secondary N) is 3. The number of benzene rings is 2. The number of carbonyl (C=O) groups is 1. The third kappa shape index (κ3) is 4.04.